The summed E-state index contributed by atoms with van der Waals surface area (Å²) in [6.07, 6.45) is 3.50. The van der Waals surface area contributed by atoms with Crippen LogP contribution >= 0.6 is 0 Å². The third kappa shape index (κ3) is 2.17. The summed E-state index contributed by atoms with van der Waals surface area (Å²) in [6.45, 7) is 3.27. The Morgan fingerprint density at radius 2 is 2.04 bits per heavy atom. The van der Waals surface area contributed by atoms with Gasteiger partial charge in [-0.15, -0.1) is 0 Å². The van der Waals surface area contributed by atoms with Crippen LogP contribution in [0.25, 0.3) is 11.1 Å². The molecule has 0 spiro atoms. The van der Waals surface area contributed by atoms with Gasteiger partial charge in [0.15, 0.2) is 0 Å². The molecule has 2 saturated carbocycles. The number of nitrogens with two attached hydrogens (primary N) is 1. The van der Waals surface area contributed by atoms with Crippen molar-refractivity contribution < 1.29 is 13.6 Å². The average Bonchev–Trinajstić information content (AvgIpc) is 3.38. The normalized spacial score (nSPS) is 20.5. The molecule has 2 aromatic heterocycles. The standard InChI is InChI=1S/C16H19FN4O2/c1-8-9(11(18)22)10-12(21-15(2)3-4-15)19-14(20-13(10)23-8)16(7-17)5-6-16/h3-7H2,1-2H3,(H2,18,22)(H,19,20,21). The number of hydrogen-bond donors (Lipinski definition) is 2. The Kier molecular flexibility index (Phi) is 2.77. The van der Waals surface area contributed by atoms with Crippen LogP contribution in [0.4, 0.5) is 10.2 Å². The number of aryl methyl sites for hydroxylation is 1. The molecule has 0 radical (unpaired) electrons. The molecule has 6 nitrogen and oxygen atoms in total. The van der Waals surface area contributed by atoms with E-state index in [0.717, 1.165) is 25.7 Å². The van der Waals surface area contributed by atoms with Crippen molar-refractivity contribution in [2.75, 3.05) is 12.0 Å². The number of carbonyl (C=O) groups excluding carboxylic acids is 1. The number of amides is 1. The molecule has 0 bridgehead atoms. The fourth-order valence-electron chi connectivity index (χ4n) is 2.90. The lowest BCUT2D eigenvalue weighted by atomic mass is 10.1. The van der Waals surface area contributed by atoms with Gasteiger partial charge in [0.25, 0.3) is 5.91 Å². The minimum absolute atomic E-state index is 0.0505. The molecule has 7 heteroatoms. The molecule has 0 aliphatic heterocycles. The van der Waals surface area contributed by atoms with Crippen molar-refractivity contribution in [3.05, 3.63) is 17.1 Å². The van der Waals surface area contributed by atoms with Crippen LogP contribution in [0.2, 0.25) is 0 Å². The summed E-state index contributed by atoms with van der Waals surface area (Å²) in [5.41, 5.74) is 5.44. The monoisotopic (exact) mass is 318 g/mol. The first-order valence-electron chi connectivity index (χ1n) is 7.83. The predicted molar refractivity (Wildman–Crippen MR) is 83.2 cm³/mol. The summed E-state index contributed by atoms with van der Waals surface area (Å²) in [5.74, 6) is 0.806. The molecule has 23 heavy (non-hydrogen) atoms. The molecule has 2 fully saturated rings. The molecular formula is C16H19FN4O2. The van der Waals surface area contributed by atoms with Crippen LogP contribution in [0.1, 0.15) is 54.5 Å². The quantitative estimate of drug-likeness (QED) is 0.883. The summed E-state index contributed by atoms with van der Waals surface area (Å²) in [6, 6.07) is 0. The van der Waals surface area contributed by atoms with E-state index in [2.05, 4.69) is 22.2 Å². The number of nitrogens with one attached hydrogen (secondary N) is 1. The van der Waals surface area contributed by atoms with E-state index >= 15 is 0 Å². The fourth-order valence-corrected chi connectivity index (χ4v) is 2.90. The van der Waals surface area contributed by atoms with Gasteiger partial charge in [0.2, 0.25) is 5.71 Å². The Morgan fingerprint density at radius 3 is 2.57 bits per heavy atom. The van der Waals surface area contributed by atoms with E-state index in [1.165, 1.54) is 0 Å². The number of carbonyl (C=O) groups is 1. The van der Waals surface area contributed by atoms with Crippen LogP contribution in [0.3, 0.4) is 0 Å². The number of alkyl halides is 1. The molecule has 2 heterocycles. The van der Waals surface area contributed by atoms with Crippen LogP contribution in [0, 0.1) is 6.92 Å². The molecule has 0 unspecified atom stereocenters. The van der Waals surface area contributed by atoms with Crippen LogP contribution in [0.5, 0.6) is 0 Å². The Bertz CT molecular complexity index is 821. The minimum Gasteiger partial charge on any atom is -0.442 e. The van der Waals surface area contributed by atoms with Gasteiger partial charge in [0.05, 0.1) is 16.4 Å². The van der Waals surface area contributed by atoms with Crippen molar-refractivity contribution in [2.24, 2.45) is 5.73 Å². The molecule has 0 atom stereocenters. The van der Waals surface area contributed by atoms with Gasteiger partial charge in [0, 0.05) is 5.54 Å². The summed E-state index contributed by atoms with van der Waals surface area (Å²) in [5, 5.41) is 3.87. The van der Waals surface area contributed by atoms with Crippen LogP contribution in [-0.4, -0.2) is 28.1 Å². The zero-order valence-electron chi connectivity index (χ0n) is 13.2. The van der Waals surface area contributed by atoms with Crippen molar-refractivity contribution >= 4 is 22.8 Å². The molecule has 0 saturated heterocycles. The summed E-state index contributed by atoms with van der Waals surface area (Å²) in [7, 11) is 0. The van der Waals surface area contributed by atoms with Crippen LogP contribution in [-0.2, 0) is 5.41 Å². The third-order valence-corrected chi connectivity index (χ3v) is 4.98. The lowest BCUT2D eigenvalue weighted by molar-refractivity contribution is 0.1000. The van der Waals surface area contributed by atoms with Gasteiger partial charge in [-0.3, -0.25) is 4.79 Å². The Labute approximate surface area is 132 Å². The van der Waals surface area contributed by atoms with E-state index in [4.69, 9.17) is 10.2 Å². The molecule has 1 amide bonds. The molecule has 4 rings (SSSR count). The average molecular weight is 318 g/mol. The number of primary amides is 1. The minimum atomic E-state index is -0.595. The molecule has 3 N–H and O–H groups in total. The van der Waals surface area contributed by atoms with Crippen molar-refractivity contribution in [1.29, 1.82) is 0 Å². The third-order valence-electron chi connectivity index (χ3n) is 4.98. The van der Waals surface area contributed by atoms with Crippen molar-refractivity contribution in [1.82, 2.24) is 9.97 Å². The maximum atomic E-state index is 13.4. The van der Waals surface area contributed by atoms with E-state index in [1.807, 2.05) is 0 Å². The Morgan fingerprint density at radius 1 is 1.35 bits per heavy atom. The molecule has 2 aromatic rings. The zero-order valence-corrected chi connectivity index (χ0v) is 13.2. The number of aromatic nitrogens is 2. The number of halogens is 1. The van der Waals surface area contributed by atoms with Crippen molar-refractivity contribution in [2.45, 2.75) is 50.5 Å². The van der Waals surface area contributed by atoms with Gasteiger partial charge in [-0.1, -0.05) is 0 Å². The first-order chi connectivity index (χ1) is 10.9. The number of rotatable bonds is 5. The largest absolute Gasteiger partial charge is 0.442 e. The SMILES string of the molecule is Cc1oc2nc(C3(CF)CC3)nc(NC3(C)CC3)c2c1C(N)=O. The van der Waals surface area contributed by atoms with Gasteiger partial charge in [0.1, 0.15) is 24.1 Å². The molecular weight excluding hydrogens is 299 g/mol. The van der Waals surface area contributed by atoms with Gasteiger partial charge >= 0.3 is 0 Å². The van der Waals surface area contributed by atoms with Crippen LogP contribution in [0.15, 0.2) is 4.42 Å². The number of furan rings is 1. The number of fused-ring (bicyclic) bond motifs is 1. The first kappa shape index (κ1) is 14.4. The summed E-state index contributed by atoms with van der Waals surface area (Å²) < 4.78 is 19.0. The fraction of sp³-hybridized carbons (Fsp3) is 0.562. The van der Waals surface area contributed by atoms with E-state index in [9.17, 15) is 9.18 Å². The molecule has 2 aliphatic carbocycles. The van der Waals surface area contributed by atoms with Crippen molar-refractivity contribution in [3.8, 4) is 0 Å². The lowest BCUT2D eigenvalue weighted by Gasteiger charge is -2.16. The van der Waals surface area contributed by atoms with E-state index in [0.29, 0.717) is 34.1 Å². The van der Waals surface area contributed by atoms with Crippen LogP contribution < -0.4 is 11.1 Å². The molecule has 0 aromatic carbocycles. The zero-order chi connectivity index (χ0) is 16.4. The number of hydrogen-bond acceptors (Lipinski definition) is 5. The van der Waals surface area contributed by atoms with Crippen molar-refractivity contribution in [3.63, 3.8) is 0 Å². The van der Waals surface area contributed by atoms with E-state index in [1.54, 1.807) is 6.92 Å². The highest BCUT2D eigenvalue weighted by Crippen LogP contribution is 2.48. The second kappa shape index (κ2) is 4.43. The molecule has 2 aliphatic rings. The topological polar surface area (TPSA) is 94.0 Å². The number of anilines is 1. The highest BCUT2D eigenvalue weighted by Gasteiger charge is 2.48. The second-order valence-corrected chi connectivity index (χ2v) is 7.07. The second-order valence-electron chi connectivity index (χ2n) is 7.07. The highest BCUT2D eigenvalue weighted by molar-refractivity contribution is 6.09. The highest BCUT2D eigenvalue weighted by atomic mass is 19.1. The van der Waals surface area contributed by atoms with Gasteiger partial charge in [-0.05, 0) is 39.5 Å². The Balaban J connectivity index is 1.94. The number of nitrogens with zero attached hydrogens (tertiary/aromatic N) is 2. The van der Waals surface area contributed by atoms with Gasteiger partial charge < -0.3 is 15.5 Å². The lowest BCUT2D eigenvalue weighted by Crippen LogP contribution is -2.21. The van der Waals surface area contributed by atoms with Gasteiger partial charge in [-0.25, -0.2) is 9.37 Å². The predicted octanol–water partition coefficient (Wildman–Crippen LogP) is 2.60. The maximum Gasteiger partial charge on any atom is 0.253 e. The Hall–Kier alpha value is -2.18. The van der Waals surface area contributed by atoms with E-state index in [-0.39, 0.29) is 5.54 Å². The maximum absolute atomic E-state index is 13.4. The molecule has 122 valence electrons. The van der Waals surface area contributed by atoms with Gasteiger partial charge in [-0.2, -0.15) is 4.98 Å². The van der Waals surface area contributed by atoms with E-state index < -0.39 is 18.0 Å². The summed E-state index contributed by atoms with van der Waals surface area (Å²) in [4.78, 5) is 20.7. The smallest absolute Gasteiger partial charge is 0.253 e. The first-order valence-corrected chi connectivity index (χ1v) is 7.83. The summed E-state index contributed by atoms with van der Waals surface area (Å²) >= 11 is 0.